The third-order valence-corrected chi connectivity index (χ3v) is 3.23. The minimum absolute atomic E-state index is 0.220. The van der Waals surface area contributed by atoms with Crippen LogP contribution in [0.25, 0.3) is 0 Å². The third kappa shape index (κ3) is 8.63. The summed E-state index contributed by atoms with van der Waals surface area (Å²) in [5, 5.41) is 13.5. The fraction of sp³-hybridized carbons (Fsp3) is 0.600. The van der Waals surface area contributed by atoms with Crippen LogP contribution in [0.5, 0.6) is 0 Å². The lowest BCUT2D eigenvalue weighted by atomic mass is 10.2. The SMILES string of the molecule is C=NN(/C=C(\N)CCCF)CC(CP(=O)(O)O)C(=O)O. The molecule has 0 radical (unpaired) electrons. The van der Waals surface area contributed by atoms with E-state index in [-0.39, 0.29) is 25.1 Å². The van der Waals surface area contributed by atoms with Crippen molar-refractivity contribution in [2.45, 2.75) is 12.8 Å². The van der Waals surface area contributed by atoms with Crippen molar-refractivity contribution in [2.75, 3.05) is 19.4 Å². The Kier molecular flexibility index (Phi) is 8.05. The number of halogens is 1. The summed E-state index contributed by atoms with van der Waals surface area (Å²) in [4.78, 5) is 28.6. The first-order valence-electron chi connectivity index (χ1n) is 5.72. The number of allylic oxidation sites excluding steroid dienone is 1. The van der Waals surface area contributed by atoms with E-state index in [0.717, 1.165) is 5.01 Å². The molecule has 5 N–H and O–H groups in total. The smallest absolute Gasteiger partial charge is 0.326 e. The predicted octanol–water partition coefficient (Wildman–Crippen LogP) is 0.332. The van der Waals surface area contributed by atoms with Gasteiger partial charge in [0, 0.05) is 18.6 Å². The second kappa shape index (κ2) is 8.68. The van der Waals surface area contributed by atoms with Gasteiger partial charge in [0.1, 0.15) is 0 Å². The van der Waals surface area contributed by atoms with Crippen molar-refractivity contribution in [3.05, 3.63) is 11.9 Å². The molecule has 0 saturated carbocycles. The zero-order valence-corrected chi connectivity index (χ0v) is 11.7. The molecule has 20 heavy (non-hydrogen) atoms. The van der Waals surface area contributed by atoms with E-state index in [1.54, 1.807) is 0 Å². The van der Waals surface area contributed by atoms with E-state index in [1.165, 1.54) is 6.20 Å². The van der Waals surface area contributed by atoms with Crippen molar-refractivity contribution in [1.29, 1.82) is 0 Å². The van der Waals surface area contributed by atoms with Gasteiger partial charge in [-0.05, 0) is 12.8 Å². The van der Waals surface area contributed by atoms with Gasteiger partial charge < -0.3 is 20.6 Å². The molecule has 0 aliphatic heterocycles. The maximum atomic E-state index is 12.0. The van der Waals surface area contributed by atoms with Gasteiger partial charge >= 0.3 is 13.6 Å². The number of carbonyl (C=O) groups is 1. The highest BCUT2D eigenvalue weighted by atomic mass is 31.2. The summed E-state index contributed by atoms with van der Waals surface area (Å²) in [6, 6.07) is 0. The Morgan fingerprint density at radius 1 is 1.55 bits per heavy atom. The second-order valence-electron chi connectivity index (χ2n) is 4.14. The molecule has 0 aliphatic carbocycles. The summed E-state index contributed by atoms with van der Waals surface area (Å²) >= 11 is 0. The van der Waals surface area contributed by atoms with Gasteiger partial charge in [0.05, 0.1) is 25.3 Å². The Hall–Kier alpha value is -1.44. The molecule has 0 aromatic rings. The molecule has 1 atom stereocenters. The zero-order valence-electron chi connectivity index (χ0n) is 10.9. The van der Waals surface area contributed by atoms with E-state index in [9.17, 15) is 13.8 Å². The van der Waals surface area contributed by atoms with E-state index in [1.807, 2.05) is 0 Å². The predicted molar refractivity (Wildman–Crippen MR) is 71.8 cm³/mol. The molecule has 0 saturated heterocycles. The fourth-order valence-electron chi connectivity index (χ4n) is 1.40. The number of hydrogen-bond acceptors (Lipinski definition) is 5. The van der Waals surface area contributed by atoms with Gasteiger partial charge in [-0.3, -0.25) is 18.8 Å². The monoisotopic (exact) mass is 311 g/mol. The molecule has 0 spiro atoms. The maximum absolute atomic E-state index is 12.0. The van der Waals surface area contributed by atoms with Crippen LogP contribution >= 0.6 is 7.60 Å². The first-order valence-corrected chi connectivity index (χ1v) is 7.52. The molecule has 1 unspecified atom stereocenters. The molecule has 10 heteroatoms. The number of aliphatic carboxylic acids is 1. The summed E-state index contributed by atoms with van der Waals surface area (Å²) in [7, 11) is -4.47. The fourth-order valence-corrected chi connectivity index (χ4v) is 2.25. The van der Waals surface area contributed by atoms with Gasteiger partial charge in [0.15, 0.2) is 0 Å². The van der Waals surface area contributed by atoms with E-state index >= 15 is 0 Å². The molecule has 0 amide bonds. The third-order valence-electron chi connectivity index (χ3n) is 2.31. The number of alkyl halides is 1. The Morgan fingerprint density at radius 3 is 2.55 bits per heavy atom. The Bertz CT molecular complexity index is 412. The lowest BCUT2D eigenvalue weighted by Crippen LogP contribution is -2.30. The second-order valence-corrected chi connectivity index (χ2v) is 5.84. The number of nitrogens with two attached hydrogens (primary N) is 1. The molecule has 0 bridgehead atoms. The number of hydrogen-bond donors (Lipinski definition) is 4. The van der Waals surface area contributed by atoms with Crippen LogP contribution in [0.4, 0.5) is 4.39 Å². The number of carboxylic acid groups (broad SMARTS) is 1. The number of hydrazone groups is 1. The summed E-state index contributed by atoms with van der Waals surface area (Å²) in [5.41, 5.74) is 5.85. The highest BCUT2D eigenvalue weighted by molar-refractivity contribution is 7.51. The van der Waals surface area contributed by atoms with Crippen LogP contribution in [0.2, 0.25) is 0 Å². The summed E-state index contributed by atoms with van der Waals surface area (Å²) in [6.45, 7) is 2.39. The van der Waals surface area contributed by atoms with E-state index in [4.69, 9.17) is 20.6 Å². The summed E-state index contributed by atoms with van der Waals surface area (Å²) in [6.07, 6.45) is 0.946. The molecule has 0 rings (SSSR count). The van der Waals surface area contributed by atoms with Crippen molar-refractivity contribution in [1.82, 2.24) is 5.01 Å². The van der Waals surface area contributed by atoms with Crippen LogP contribution < -0.4 is 5.73 Å². The quantitative estimate of drug-likeness (QED) is 0.259. The van der Waals surface area contributed by atoms with Crippen LogP contribution in [0.1, 0.15) is 12.8 Å². The van der Waals surface area contributed by atoms with Crippen molar-refractivity contribution in [3.63, 3.8) is 0 Å². The standard InChI is InChI=1S/C10H19FN3O5P/c1-13-14(6-9(12)3-2-4-11)5-8(10(15)16)7-20(17,18)19/h6,8H,1-5,7,12H2,(H,15,16)(H2,17,18,19)/b9-6-. The molecule has 0 aliphatic rings. The van der Waals surface area contributed by atoms with Crippen LogP contribution in [0.3, 0.4) is 0 Å². The van der Waals surface area contributed by atoms with Crippen molar-refractivity contribution >= 4 is 20.3 Å². The van der Waals surface area contributed by atoms with Crippen LogP contribution in [0, 0.1) is 5.92 Å². The molecule has 0 aromatic heterocycles. The highest BCUT2D eigenvalue weighted by Gasteiger charge is 2.28. The van der Waals surface area contributed by atoms with Gasteiger partial charge in [0.25, 0.3) is 0 Å². The molecule has 116 valence electrons. The number of rotatable bonds is 10. The van der Waals surface area contributed by atoms with Gasteiger partial charge in [-0.15, -0.1) is 0 Å². The van der Waals surface area contributed by atoms with Gasteiger partial charge in [-0.2, -0.15) is 5.10 Å². The largest absolute Gasteiger partial charge is 0.481 e. The Labute approximate surface area is 115 Å². The number of carboxylic acids is 1. The van der Waals surface area contributed by atoms with E-state index in [2.05, 4.69) is 11.8 Å². The zero-order chi connectivity index (χ0) is 15.8. The van der Waals surface area contributed by atoms with Crippen LogP contribution in [-0.4, -0.2) is 52.0 Å². The first-order chi connectivity index (χ1) is 9.19. The minimum Gasteiger partial charge on any atom is -0.481 e. The van der Waals surface area contributed by atoms with Crippen molar-refractivity contribution in [2.24, 2.45) is 16.8 Å². The normalized spacial score (nSPS) is 13.8. The lowest BCUT2D eigenvalue weighted by Gasteiger charge is -2.20. The first kappa shape index (κ1) is 18.6. The molecular formula is C10H19FN3O5P. The van der Waals surface area contributed by atoms with Gasteiger partial charge in [0.2, 0.25) is 0 Å². The Balaban J connectivity index is 4.76. The maximum Gasteiger partial charge on any atom is 0.326 e. The minimum atomic E-state index is -4.47. The van der Waals surface area contributed by atoms with Crippen molar-refractivity contribution in [3.8, 4) is 0 Å². The molecule has 8 nitrogen and oxygen atoms in total. The van der Waals surface area contributed by atoms with Crippen LogP contribution in [-0.2, 0) is 9.36 Å². The lowest BCUT2D eigenvalue weighted by molar-refractivity contribution is -0.141. The van der Waals surface area contributed by atoms with Gasteiger partial charge in [-0.25, -0.2) is 0 Å². The molecule has 0 heterocycles. The molecule has 0 fully saturated rings. The molecule has 0 aromatic carbocycles. The van der Waals surface area contributed by atoms with E-state index < -0.39 is 32.3 Å². The van der Waals surface area contributed by atoms with E-state index in [0.29, 0.717) is 0 Å². The topological polar surface area (TPSA) is 136 Å². The summed E-state index contributed by atoms with van der Waals surface area (Å²) in [5.74, 6) is -2.69. The van der Waals surface area contributed by atoms with Crippen LogP contribution in [0.15, 0.2) is 17.0 Å². The highest BCUT2D eigenvalue weighted by Crippen LogP contribution is 2.37. The number of nitrogens with zero attached hydrogens (tertiary/aromatic N) is 2. The summed E-state index contributed by atoms with van der Waals surface area (Å²) < 4.78 is 22.8. The Morgan fingerprint density at radius 2 is 2.15 bits per heavy atom. The molecular weight excluding hydrogens is 292 g/mol. The average molecular weight is 311 g/mol. The van der Waals surface area contributed by atoms with Gasteiger partial charge in [-0.1, -0.05) is 0 Å². The average Bonchev–Trinajstić information content (AvgIpc) is 2.32. The van der Waals surface area contributed by atoms with Crippen molar-refractivity contribution < 1.29 is 28.6 Å².